The first-order valence-electron chi connectivity index (χ1n) is 12.3. The monoisotopic (exact) mass is 508 g/mol. The Kier molecular flexibility index (Phi) is 7.73. The van der Waals surface area contributed by atoms with Gasteiger partial charge in [0.2, 0.25) is 11.7 Å². The molecule has 1 aromatic heterocycles. The molecule has 0 saturated carbocycles. The second-order valence-corrected chi connectivity index (χ2v) is 8.75. The van der Waals surface area contributed by atoms with Crippen LogP contribution in [0.3, 0.4) is 0 Å². The SMILES string of the molecule is CC[NH+](CC)CCN1C(=O)C([O-])=C(C(=O)c2cc3cccc(OC)c3o2)C1c1cccc(OC)c1OC. The van der Waals surface area contributed by atoms with Crippen LogP contribution in [0, 0.1) is 0 Å². The van der Waals surface area contributed by atoms with Crippen molar-refractivity contribution in [1.82, 2.24) is 4.90 Å². The van der Waals surface area contributed by atoms with Crippen LogP contribution in [0.1, 0.15) is 36.0 Å². The molecule has 3 aromatic rings. The number of benzene rings is 2. The standard InChI is InChI=1S/C28H32N2O7/c1-6-29(7-2)14-15-30-23(18-11-9-13-20(35-4)27(18)36-5)22(25(32)28(30)33)24(31)21-16-17-10-8-12-19(34-3)26(17)37-21/h8-13,16,23,32H,6-7,14-15H2,1-5H3. The van der Waals surface area contributed by atoms with E-state index in [1.165, 1.54) is 31.1 Å². The molecule has 2 heterocycles. The molecule has 37 heavy (non-hydrogen) atoms. The number of para-hydroxylation sites is 2. The Morgan fingerprint density at radius 1 is 1.03 bits per heavy atom. The predicted molar refractivity (Wildman–Crippen MR) is 135 cm³/mol. The zero-order chi connectivity index (χ0) is 26.7. The second-order valence-electron chi connectivity index (χ2n) is 8.75. The number of Topliss-reactive ketones (excluding diaryl/α,β-unsaturated/α-hetero) is 1. The molecule has 2 aromatic carbocycles. The number of nitrogens with zero attached hydrogens (tertiary/aromatic N) is 1. The molecular weight excluding hydrogens is 476 g/mol. The number of furan rings is 1. The highest BCUT2D eigenvalue weighted by molar-refractivity contribution is 6.16. The summed E-state index contributed by atoms with van der Waals surface area (Å²) in [6.07, 6.45) is 0. The maximum absolute atomic E-state index is 13.9. The summed E-state index contributed by atoms with van der Waals surface area (Å²) in [5.74, 6) is -1.01. The van der Waals surface area contributed by atoms with Gasteiger partial charge in [0, 0.05) is 16.5 Å². The molecule has 9 heteroatoms. The number of ketones is 1. The summed E-state index contributed by atoms with van der Waals surface area (Å²) in [6.45, 7) is 6.78. The van der Waals surface area contributed by atoms with E-state index in [9.17, 15) is 14.7 Å². The van der Waals surface area contributed by atoms with Gasteiger partial charge in [-0.25, -0.2) is 0 Å². The minimum Gasteiger partial charge on any atom is -0.868 e. The first kappa shape index (κ1) is 26.1. The number of carbonyl (C=O) groups excluding carboxylic acids is 2. The van der Waals surface area contributed by atoms with Gasteiger partial charge in [-0.15, -0.1) is 0 Å². The van der Waals surface area contributed by atoms with Gasteiger partial charge >= 0.3 is 0 Å². The Labute approximate surface area is 215 Å². The molecule has 0 aliphatic carbocycles. The Bertz CT molecular complexity index is 1340. The van der Waals surface area contributed by atoms with Crippen molar-refractivity contribution in [1.29, 1.82) is 0 Å². The number of carbonyl (C=O) groups is 2. The number of fused-ring (bicyclic) bond motifs is 1. The van der Waals surface area contributed by atoms with Crippen molar-refractivity contribution in [2.45, 2.75) is 19.9 Å². The third kappa shape index (κ3) is 4.62. The van der Waals surface area contributed by atoms with Gasteiger partial charge in [-0.3, -0.25) is 9.59 Å². The zero-order valence-corrected chi connectivity index (χ0v) is 21.8. The molecule has 1 unspecified atom stereocenters. The van der Waals surface area contributed by atoms with Crippen molar-refractivity contribution >= 4 is 22.7 Å². The summed E-state index contributed by atoms with van der Waals surface area (Å²) in [5, 5.41) is 14.0. The Morgan fingerprint density at radius 3 is 2.35 bits per heavy atom. The molecule has 1 aliphatic heterocycles. The molecule has 0 spiro atoms. The van der Waals surface area contributed by atoms with E-state index >= 15 is 0 Å². The first-order chi connectivity index (χ1) is 17.9. The molecule has 1 aliphatic rings. The topological polar surface area (TPSA) is 106 Å². The number of quaternary nitrogens is 1. The minimum atomic E-state index is -0.956. The van der Waals surface area contributed by atoms with Crippen LogP contribution >= 0.6 is 0 Å². The van der Waals surface area contributed by atoms with Crippen molar-refractivity contribution in [2.75, 3.05) is 47.5 Å². The van der Waals surface area contributed by atoms with E-state index in [2.05, 4.69) is 13.8 Å². The van der Waals surface area contributed by atoms with Crippen LogP contribution < -0.4 is 24.2 Å². The lowest BCUT2D eigenvalue weighted by atomic mass is 9.94. The fourth-order valence-electron chi connectivity index (χ4n) is 4.88. The highest BCUT2D eigenvalue weighted by Gasteiger charge is 2.42. The number of likely N-dealkylation sites (N-methyl/N-ethyl adjacent to an activating group) is 1. The van der Waals surface area contributed by atoms with Crippen molar-refractivity contribution < 1.29 is 38.2 Å². The van der Waals surface area contributed by atoms with E-state index in [0.29, 0.717) is 40.3 Å². The van der Waals surface area contributed by atoms with Crippen LogP contribution in [0.5, 0.6) is 17.2 Å². The second kappa shape index (κ2) is 11.0. The quantitative estimate of drug-likeness (QED) is 0.394. The van der Waals surface area contributed by atoms with Crippen molar-refractivity contribution in [3.05, 3.63) is 65.1 Å². The van der Waals surface area contributed by atoms with Crippen LogP contribution in [-0.2, 0) is 4.79 Å². The average molecular weight is 509 g/mol. The van der Waals surface area contributed by atoms with E-state index in [0.717, 1.165) is 13.1 Å². The van der Waals surface area contributed by atoms with Crippen LogP contribution in [0.2, 0.25) is 0 Å². The van der Waals surface area contributed by atoms with Gasteiger partial charge in [-0.2, -0.15) is 0 Å². The normalized spacial score (nSPS) is 15.7. The number of hydrogen-bond acceptors (Lipinski definition) is 7. The van der Waals surface area contributed by atoms with E-state index in [1.807, 2.05) is 0 Å². The number of hydrogen-bond donors (Lipinski definition) is 1. The number of ether oxygens (including phenoxy) is 3. The van der Waals surface area contributed by atoms with Gasteiger partial charge in [0.1, 0.15) is 0 Å². The lowest BCUT2D eigenvalue weighted by Gasteiger charge is -2.30. The van der Waals surface area contributed by atoms with Crippen LogP contribution in [-0.4, -0.2) is 64.1 Å². The van der Waals surface area contributed by atoms with Gasteiger partial charge < -0.3 is 33.5 Å². The molecule has 0 fully saturated rings. The van der Waals surface area contributed by atoms with Crippen LogP contribution in [0.25, 0.3) is 11.0 Å². The zero-order valence-electron chi connectivity index (χ0n) is 21.8. The Balaban J connectivity index is 1.84. The molecule has 1 amide bonds. The third-order valence-electron chi connectivity index (χ3n) is 6.92. The molecule has 0 saturated heterocycles. The summed E-state index contributed by atoms with van der Waals surface area (Å²) in [4.78, 5) is 29.9. The van der Waals surface area contributed by atoms with Gasteiger partial charge in [0.25, 0.3) is 0 Å². The van der Waals surface area contributed by atoms with Gasteiger partial charge in [-0.05, 0) is 37.8 Å². The van der Waals surface area contributed by atoms with E-state index in [1.54, 1.807) is 42.5 Å². The summed E-state index contributed by atoms with van der Waals surface area (Å²) < 4.78 is 22.3. The van der Waals surface area contributed by atoms with Gasteiger partial charge in [0.05, 0.1) is 53.6 Å². The molecule has 1 N–H and O–H groups in total. The van der Waals surface area contributed by atoms with E-state index in [-0.39, 0.29) is 17.9 Å². The molecule has 9 nitrogen and oxygen atoms in total. The number of methoxy groups -OCH3 is 3. The highest BCUT2D eigenvalue weighted by Crippen LogP contribution is 2.45. The van der Waals surface area contributed by atoms with Gasteiger partial charge in [0.15, 0.2) is 28.6 Å². The van der Waals surface area contributed by atoms with Crippen LogP contribution in [0.15, 0.2) is 58.2 Å². The lowest BCUT2D eigenvalue weighted by molar-refractivity contribution is -0.895. The molecular formula is C28H32N2O7. The largest absolute Gasteiger partial charge is 0.868 e. The Hall–Kier alpha value is -3.98. The van der Waals surface area contributed by atoms with Crippen LogP contribution in [0.4, 0.5) is 0 Å². The maximum Gasteiger partial charge on any atom is 0.240 e. The summed E-state index contributed by atoms with van der Waals surface area (Å²) >= 11 is 0. The molecule has 4 rings (SSSR count). The fourth-order valence-corrected chi connectivity index (χ4v) is 4.88. The smallest absolute Gasteiger partial charge is 0.240 e. The van der Waals surface area contributed by atoms with Crippen molar-refractivity contribution in [2.24, 2.45) is 0 Å². The summed E-state index contributed by atoms with van der Waals surface area (Å²) in [5.41, 5.74) is 0.708. The number of nitrogens with one attached hydrogen (secondary N) is 1. The average Bonchev–Trinajstić information content (AvgIpc) is 3.47. The number of amides is 1. The number of rotatable bonds is 11. The highest BCUT2D eigenvalue weighted by atomic mass is 16.5. The Morgan fingerprint density at radius 2 is 1.70 bits per heavy atom. The maximum atomic E-state index is 13.9. The van der Waals surface area contributed by atoms with E-state index < -0.39 is 23.5 Å². The molecule has 0 bridgehead atoms. The third-order valence-corrected chi connectivity index (χ3v) is 6.92. The van der Waals surface area contributed by atoms with Crippen molar-refractivity contribution in [3.8, 4) is 17.2 Å². The molecule has 1 atom stereocenters. The summed E-state index contributed by atoms with van der Waals surface area (Å²) in [7, 11) is 4.50. The lowest BCUT2D eigenvalue weighted by Crippen LogP contribution is -3.12. The van der Waals surface area contributed by atoms with Crippen molar-refractivity contribution in [3.63, 3.8) is 0 Å². The predicted octanol–water partition coefficient (Wildman–Crippen LogP) is 1.76. The van der Waals surface area contributed by atoms with Gasteiger partial charge in [-0.1, -0.05) is 24.3 Å². The summed E-state index contributed by atoms with van der Waals surface area (Å²) in [6, 6.07) is 11.1. The van der Waals surface area contributed by atoms with E-state index in [4.69, 9.17) is 18.6 Å². The molecule has 196 valence electrons. The first-order valence-corrected chi connectivity index (χ1v) is 12.3. The fraction of sp³-hybridized carbons (Fsp3) is 0.357. The minimum absolute atomic E-state index is 0.0428. The molecule has 0 radical (unpaired) electrons.